The highest BCUT2D eigenvalue weighted by atomic mass is 16.5. The number of ether oxygens (including phenoxy) is 4. The molecule has 196 valence electrons. The summed E-state index contributed by atoms with van der Waals surface area (Å²) < 4.78 is 27.6. The number of nitrogens with zero attached hydrogens (tertiary/aromatic N) is 2. The van der Waals surface area contributed by atoms with E-state index in [-0.39, 0.29) is 17.9 Å². The summed E-state index contributed by atoms with van der Waals surface area (Å²) in [5.41, 5.74) is 0.797. The van der Waals surface area contributed by atoms with E-state index in [2.05, 4.69) is 0 Å². The second kappa shape index (κ2) is 10.4. The lowest BCUT2D eigenvalue weighted by molar-refractivity contribution is -0.129. The van der Waals surface area contributed by atoms with Crippen LogP contribution < -0.4 is 18.9 Å². The first-order valence-electron chi connectivity index (χ1n) is 11.6. The van der Waals surface area contributed by atoms with Crippen molar-refractivity contribution >= 4 is 22.7 Å². The molecular formula is C27H30N2O8. The van der Waals surface area contributed by atoms with Crippen molar-refractivity contribution in [2.24, 2.45) is 0 Å². The van der Waals surface area contributed by atoms with Gasteiger partial charge in [0.1, 0.15) is 0 Å². The van der Waals surface area contributed by atoms with Crippen LogP contribution in [0, 0.1) is 0 Å². The Morgan fingerprint density at radius 1 is 1.00 bits per heavy atom. The lowest BCUT2D eigenvalue weighted by Gasteiger charge is -2.28. The highest BCUT2D eigenvalue weighted by Gasteiger charge is 2.45. The second-order valence-corrected chi connectivity index (χ2v) is 8.74. The van der Waals surface area contributed by atoms with Gasteiger partial charge in [-0.15, -0.1) is 0 Å². The number of furan rings is 1. The number of para-hydroxylation sites is 1. The van der Waals surface area contributed by atoms with Crippen molar-refractivity contribution in [3.05, 3.63) is 59.1 Å². The fourth-order valence-electron chi connectivity index (χ4n) is 4.47. The van der Waals surface area contributed by atoms with Crippen LogP contribution >= 0.6 is 0 Å². The van der Waals surface area contributed by atoms with E-state index in [1.807, 2.05) is 19.0 Å². The Morgan fingerprint density at radius 2 is 1.65 bits per heavy atom. The van der Waals surface area contributed by atoms with Gasteiger partial charge < -0.3 is 38.3 Å². The van der Waals surface area contributed by atoms with E-state index < -0.39 is 23.5 Å². The van der Waals surface area contributed by atoms with Crippen LogP contribution in [0.1, 0.15) is 22.2 Å². The second-order valence-electron chi connectivity index (χ2n) is 8.74. The number of hydrogen-bond acceptors (Lipinski definition) is 9. The zero-order valence-corrected chi connectivity index (χ0v) is 21.7. The fraction of sp³-hybridized carbons (Fsp3) is 0.333. The standard InChI is InChI=1S/C27H30N2O8/c1-28(2)10-11-29-22(16-13-19(34-4)26(36-6)20(14-16)35-5)21(24(31)27(29)32)23(30)18-12-15-8-7-9-17(33-3)25(15)37-18/h7-9,12-14,22,31H,10-11H2,1-6H3/t22-/m0/s1. The first-order valence-corrected chi connectivity index (χ1v) is 11.6. The Labute approximate surface area is 214 Å². The molecule has 2 heterocycles. The van der Waals surface area contributed by atoms with Gasteiger partial charge in [-0.3, -0.25) is 9.59 Å². The molecule has 10 heteroatoms. The predicted molar refractivity (Wildman–Crippen MR) is 136 cm³/mol. The molecule has 0 bridgehead atoms. The third-order valence-electron chi connectivity index (χ3n) is 6.29. The Hall–Kier alpha value is -4.18. The van der Waals surface area contributed by atoms with Gasteiger partial charge in [-0.1, -0.05) is 12.1 Å². The van der Waals surface area contributed by atoms with Crippen LogP contribution in [-0.2, 0) is 4.79 Å². The van der Waals surface area contributed by atoms with E-state index in [9.17, 15) is 14.7 Å². The van der Waals surface area contributed by atoms with E-state index in [0.29, 0.717) is 46.1 Å². The molecule has 1 N–H and O–H groups in total. The van der Waals surface area contributed by atoms with Crippen LogP contribution in [0.3, 0.4) is 0 Å². The number of hydrogen-bond donors (Lipinski definition) is 1. The molecule has 0 unspecified atom stereocenters. The normalized spacial score (nSPS) is 15.6. The van der Waals surface area contributed by atoms with Crippen molar-refractivity contribution in [3.8, 4) is 23.0 Å². The van der Waals surface area contributed by atoms with Crippen molar-refractivity contribution in [2.75, 3.05) is 55.6 Å². The number of Topliss-reactive ketones (excluding diaryl/α,β-unsaturated/α-hetero) is 1. The van der Waals surface area contributed by atoms with Crippen LogP contribution in [0.5, 0.6) is 23.0 Å². The molecule has 1 aliphatic heterocycles. The number of aliphatic hydroxyl groups excluding tert-OH is 1. The SMILES string of the molecule is COc1cc([C@H]2C(C(=O)c3cc4cccc(OC)c4o3)=C(O)C(=O)N2CCN(C)C)cc(OC)c1OC. The molecule has 2 aromatic carbocycles. The minimum atomic E-state index is -0.927. The maximum atomic E-state index is 13.8. The Balaban J connectivity index is 1.87. The number of fused-ring (bicyclic) bond motifs is 1. The molecule has 1 aromatic heterocycles. The summed E-state index contributed by atoms with van der Waals surface area (Å²) in [5.74, 6) is -0.398. The molecule has 10 nitrogen and oxygen atoms in total. The quantitative estimate of drug-likeness (QED) is 0.409. The average molecular weight is 511 g/mol. The smallest absolute Gasteiger partial charge is 0.290 e. The van der Waals surface area contributed by atoms with E-state index in [1.165, 1.54) is 33.3 Å². The molecule has 4 rings (SSSR count). The Kier molecular flexibility index (Phi) is 7.30. The van der Waals surface area contributed by atoms with Crippen molar-refractivity contribution in [1.29, 1.82) is 0 Å². The van der Waals surface area contributed by atoms with Crippen molar-refractivity contribution in [3.63, 3.8) is 0 Å². The van der Waals surface area contributed by atoms with Gasteiger partial charge in [0.05, 0.1) is 40.1 Å². The number of carbonyl (C=O) groups is 2. The molecule has 0 saturated heterocycles. The van der Waals surface area contributed by atoms with Crippen LogP contribution in [0.4, 0.5) is 0 Å². The van der Waals surface area contributed by atoms with Crippen LogP contribution in [0.15, 0.2) is 52.1 Å². The first-order chi connectivity index (χ1) is 17.7. The summed E-state index contributed by atoms with van der Waals surface area (Å²) in [5, 5.41) is 11.6. The lowest BCUT2D eigenvalue weighted by Crippen LogP contribution is -2.36. The van der Waals surface area contributed by atoms with Crippen LogP contribution in [0.25, 0.3) is 11.0 Å². The summed E-state index contributed by atoms with van der Waals surface area (Å²) in [7, 11) is 9.69. The number of rotatable bonds is 10. The predicted octanol–water partition coefficient (Wildman–Crippen LogP) is 3.61. The molecular weight excluding hydrogens is 480 g/mol. The van der Waals surface area contributed by atoms with Gasteiger partial charge in [-0.25, -0.2) is 0 Å². The highest BCUT2D eigenvalue weighted by molar-refractivity contribution is 6.16. The van der Waals surface area contributed by atoms with Gasteiger partial charge in [0.25, 0.3) is 5.91 Å². The minimum Gasteiger partial charge on any atom is -0.503 e. The summed E-state index contributed by atoms with van der Waals surface area (Å²) in [6.45, 7) is 0.755. The fourth-order valence-corrected chi connectivity index (χ4v) is 4.47. The topological polar surface area (TPSA) is 111 Å². The summed E-state index contributed by atoms with van der Waals surface area (Å²) >= 11 is 0. The average Bonchev–Trinajstić information content (AvgIpc) is 3.45. The van der Waals surface area contributed by atoms with Gasteiger partial charge in [0, 0.05) is 18.5 Å². The number of carbonyl (C=O) groups excluding carboxylic acids is 2. The maximum Gasteiger partial charge on any atom is 0.290 e. The third-order valence-corrected chi connectivity index (χ3v) is 6.29. The number of benzene rings is 2. The van der Waals surface area contributed by atoms with Gasteiger partial charge in [0.2, 0.25) is 11.5 Å². The first kappa shape index (κ1) is 25.9. The minimum absolute atomic E-state index is 0.0271. The van der Waals surface area contributed by atoms with Crippen LogP contribution in [0.2, 0.25) is 0 Å². The number of amides is 1. The summed E-state index contributed by atoms with van der Waals surface area (Å²) in [6, 6.07) is 9.25. The van der Waals surface area contributed by atoms with Gasteiger partial charge >= 0.3 is 0 Å². The highest BCUT2D eigenvalue weighted by Crippen LogP contribution is 2.45. The van der Waals surface area contributed by atoms with E-state index in [1.54, 1.807) is 36.4 Å². The molecule has 0 fully saturated rings. The molecule has 0 radical (unpaired) electrons. The Bertz CT molecular complexity index is 1350. The molecule has 0 spiro atoms. The van der Waals surface area contributed by atoms with Crippen molar-refractivity contribution < 1.29 is 38.1 Å². The van der Waals surface area contributed by atoms with Crippen LogP contribution in [-0.4, -0.2) is 82.2 Å². The van der Waals surface area contributed by atoms with Gasteiger partial charge in [-0.05, 0) is 43.9 Å². The Morgan fingerprint density at radius 3 is 2.22 bits per heavy atom. The maximum absolute atomic E-state index is 13.8. The summed E-state index contributed by atoms with van der Waals surface area (Å²) in [4.78, 5) is 30.5. The molecule has 37 heavy (non-hydrogen) atoms. The molecule has 1 amide bonds. The number of likely N-dealkylation sites (N-methyl/N-ethyl adjacent to an activating group) is 1. The van der Waals surface area contributed by atoms with Gasteiger partial charge in [-0.2, -0.15) is 0 Å². The third kappa shape index (κ3) is 4.55. The van der Waals surface area contributed by atoms with Crippen molar-refractivity contribution in [1.82, 2.24) is 9.80 Å². The number of methoxy groups -OCH3 is 4. The van der Waals surface area contributed by atoms with E-state index in [0.717, 1.165) is 0 Å². The summed E-state index contributed by atoms with van der Waals surface area (Å²) in [6.07, 6.45) is 0. The zero-order valence-electron chi connectivity index (χ0n) is 21.7. The molecule has 0 aliphatic carbocycles. The monoisotopic (exact) mass is 510 g/mol. The van der Waals surface area contributed by atoms with Gasteiger partial charge in [0.15, 0.2) is 34.4 Å². The number of aliphatic hydroxyl groups is 1. The largest absolute Gasteiger partial charge is 0.503 e. The number of ketones is 1. The van der Waals surface area contributed by atoms with E-state index >= 15 is 0 Å². The molecule has 3 aromatic rings. The van der Waals surface area contributed by atoms with Crippen molar-refractivity contribution in [2.45, 2.75) is 6.04 Å². The molecule has 1 atom stereocenters. The lowest BCUT2D eigenvalue weighted by atomic mass is 9.94. The molecule has 0 saturated carbocycles. The van der Waals surface area contributed by atoms with E-state index in [4.69, 9.17) is 23.4 Å². The molecule has 1 aliphatic rings. The zero-order chi connectivity index (χ0) is 26.9.